The van der Waals surface area contributed by atoms with Gasteiger partial charge in [0.25, 0.3) is 0 Å². The van der Waals surface area contributed by atoms with E-state index < -0.39 is 0 Å². The van der Waals surface area contributed by atoms with Gasteiger partial charge in [0.05, 0.1) is 6.10 Å². The second kappa shape index (κ2) is 30.0. The van der Waals surface area contributed by atoms with E-state index in [0.717, 1.165) is 6.42 Å². The molecule has 0 spiro atoms. The Hall–Kier alpha value is -0.370. The molecule has 0 amide bonds. The lowest BCUT2D eigenvalue weighted by Gasteiger charge is -1.90. The number of carbonyl (C=O) groups is 1. The number of carbonyl (C=O) groups excluding carboxylic acids is 1. The molecule has 2 heteroatoms. The first kappa shape index (κ1) is 26.2. The van der Waals surface area contributed by atoms with Crippen LogP contribution in [0.1, 0.15) is 93.9 Å². The fraction of sp³-hybridized carbons (Fsp3) is 0.938. The van der Waals surface area contributed by atoms with Crippen molar-refractivity contribution >= 4 is 5.78 Å². The first-order chi connectivity index (χ1) is 8.37. The maximum Gasteiger partial charge on any atom is 0.129 e. The Morgan fingerprint density at radius 1 is 0.889 bits per heavy atom. The van der Waals surface area contributed by atoms with Gasteiger partial charge in [-0.15, -0.1) is 0 Å². The number of aliphatic hydroxyl groups is 1. The highest BCUT2D eigenvalue weighted by Crippen LogP contribution is 1.81. The van der Waals surface area contributed by atoms with Gasteiger partial charge in [0.1, 0.15) is 5.78 Å². The van der Waals surface area contributed by atoms with Gasteiger partial charge in [-0.1, -0.05) is 67.2 Å². The third-order valence-electron chi connectivity index (χ3n) is 2.09. The molecular formula is C16H38O2. The lowest BCUT2D eigenvalue weighted by atomic mass is 10.3. The van der Waals surface area contributed by atoms with Crippen molar-refractivity contribution in [2.75, 3.05) is 0 Å². The molecule has 0 saturated carbocycles. The molecule has 0 aliphatic carbocycles. The molecule has 0 aromatic rings. The van der Waals surface area contributed by atoms with Gasteiger partial charge in [0.15, 0.2) is 0 Å². The molecule has 1 N–H and O–H groups in total. The predicted octanol–water partition coefficient (Wildman–Crippen LogP) is 5.38. The van der Waals surface area contributed by atoms with E-state index >= 15 is 0 Å². The molecule has 0 rings (SSSR count). The fourth-order valence-corrected chi connectivity index (χ4v) is 0. The van der Waals surface area contributed by atoms with E-state index in [1.54, 1.807) is 13.8 Å². The molecule has 1 unspecified atom stereocenters. The van der Waals surface area contributed by atoms with Crippen molar-refractivity contribution in [2.24, 2.45) is 0 Å². The first-order valence-corrected chi connectivity index (χ1v) is 7.54. The molecule has 0 saturated heterocycles. The molecule has 2 nitrogen and oxygen atoms in total. The van der Waals surface area contributed by atoms with Crippen LogP contribution in [0.15, 0.2) is 0 Å². The van der Waals surface area contributed by atoms with Crippen molar-refractivity contribution in [3.05, 3.63) is 0 Å². The SMILES string of the molecule is CCC(C)=O.CCC(C)O.CCCC.CCCC. The Labute approximate surface area is 116 Å². The van der Waals surface area contributed by atoms with Gasteiger partial charge < -0.3 is 9.90 Å². The number of ketones is 1. The maximum absolute atomic E-state index is 9.81. The number of hydrogen-bond donors (Lipinski definition) is 1. The molecule has 18 heavy (non-hydrogen) atoms. The van der Waals surface area contributed by atoms with Crippen molar-refractivity contribution < 1.29 is 9.90 Å². The van der Waals surface area contributed by atoms with Crippen LogP contribution in [0.2, 0.25) is 0 Å². The topological polar surface area (TPSA) is 37.3 Å². The Kier molecular flexibility index (Phi) is 43.8. The fourth-order valence-electron chi connectivity index (χ4n) is 0. The van der Waals surface area contributed by atoms with Gasteiger partial charge >= 0.3 is 0 Å². The van der Waals surface area contributed by atoms with Crippen LogP contribution in [-0.2, 0) is 4.79 Å². The summed E-state index contributed by atoms with van der Waals surface area (Å²) in [5.74, 6) is 0.255. The highest BCUT2D eigenvalue weighted by atomic mass is 16.3. The zero-order valence-corrected chi connectivity index (χ0v) is 14.2. The average molecular weight is 262 g/mol. The molecule has 0 aliphatic rings. The monoisotopic (exact) mass is 262 g/mol. The molecule has 0 bridgehead atoms. The summed E-state index contributed by atoms with van der Waals surface area (Å²) in [7, 11) is 0. The Morgan fingerprint density at radius 3 is 1.06 bits per heavy atom. The van der Waals surface area contributed by atoms with Gasteiger partial charge in [-0.2, -0.15) is 0 Å². The van der Waals surface area contributed by atoms with Crippen molar-refractivity contribution in [1.29, 1.82) is 0 Å². The van der Waals surface area contributed by atoms with Gasteiger partial charge in [-0.05, 0) is 20.3 Å². The highest BCUT2D eigenvalue weighted by molar-refractivity contribution is 5.74. The van der Waals surface area contributed by atoms with Crippen LogP contribution >= 0.6 is 0 Å². The zero-order chi connectivity index (χ0) is 15.4. The molecule has 0 aromatic heterocycles. The minimum absolute atomic E-state index is 0.116. The largest absolute Gasteiger partial charge is 0.393 e. The lowest BCUT2D eigenvalue weighted by molar-refractivity contribution is -0.116. The van der Waals surface area contributed by atoms with E-state index in [1.807, 2.05) is 13.8 Å². The van der Waals surface area contributed by atoms with Crippen molar-refractivity contribution in [1.82, 2.24) is 0 Å². The third kappa shape index (κ3) is 106. The van der Waals surface area contributed by atoms with Crippen molar-refractivity contribution in [2.45, 2.75) is 100 Å². The summed E-state index contributed by atoms with van der Waals surface area (Å²) >= 11 is 0. The predicted molar refractivity (Wildman–Crippen MR) is 84.1 cm³/mol. The number of hydrogen-bond acceptors (Lipinski definition) is 2. The van der Waals surface area contributed by atoms with Crippen molar-refractivity contribution in [3.8, 4) is 0 Å². The number of unbranched alkanes of at least 4 members (excludes halogenated alkanes) is 2. The molecular weight excluding hydrogens is 224 g/mol. The quantitative estimate of drug-likeness (QED) is 0.739. The maximum atomic E-state index is 9.81. The molecule has 0 aliphatic heterocycles. The first-order valence-electron chi connectivity index (χ1n) is 7.54. The van der Waals surface area contributed by atoms with Gasteiger partial charge in [-0.25, -0.2) is 0 Å². The summed E-state index contributed by atoms with van der Waals surface area (Å²) in [6, 6.07) is 0. The Bertz CT molecular complexity index is 112. The molecule has 0 radical (unpaired) electrons. The highest BCUT2D eigenvalue weighted by Gasteiger charge is 1.81. The zero-order valence-electron chi connectivity index (χ0n) is 14.2. The van der Waals surface area contributed by atoms with E-state index in [-0.39, 0.29) is 11.9 Å². The molecule has 114 valence electrons. The van der Waals surface area contributed by atoms with E-state index in [0.29, 0.717) is 6.42 Å². The molecule has 0 aromatic carbocycles. The van der Waals surface area contributed by atoms with E-state index in [2.05, 4.69) is 27.7 Å². The summed E-state index contributed by atoms with van der Waals surface area (Å²) in [6.07, 6.45) is 6.69. The molecule has 1 atom stereocenters. The molecule has 0 heterocycles. The number of Topliss-reactive ketones (excluding diaryl/α,β-unsaturated/α-hetero) is 1. The van der Waals surface area contributed by atoms with Gasteiger partial charge in [-0.3, -0.25) is 0 Å². The normalized spacial score (nSPS) is 9.61. The van der Waals surface area contributed by atoms with E-state index in [1.165, 1.54) is 25.7 Å². The minimum atomic E-state index is -0.116. The lowest BCUT2D eigenvalue weighted by Crippen LogP contribution is -1.93. The minimum Gasteiger partial charge on any atom is -0.393 e. The third-order valence-corrected chi connectivity index (χ3v) is 2.09. The van der Waals surface area contributed by atoms with Crippen LogP contribution in [0, 0.1) is 0 Å². The summed E-state index contributed by atoms with van der Waals surface area (Å²) in [6.45, 7) is 15.9. The molecule has 0 fully saturated rings. The summed E-state index contributed by atoms with van der Waals surface area (Å²) < 4.78 is 0. The summed E-state index contributed by atoms with van der Waals surface area (Å²) in [4.78, 5) is 9.81. The second-order valence-corrected chi connectivity index (χ2v) is 4.31. The van der Waals surface area contributed by atoms with E-state index in [4.69, 9.17) is 5.11 Å². The van der Waals surface area contributed by atoms with Crippen LogP contribution < -0.4 is 0 Å². The van der Waals surface area contributed by atoms with Crippen LogP contribution in [0.3, 0.4) is 0 Å². The Morgan fingerprint density at radius 2 is 1.06 bits per heavy atom. The van der Waals surface area contributed by atoms with Crippen LogP contribution in [0.25, 0.3) is 0 Å². The average Bonchev–Trinajstić information content (AvgIpc) is 2.39. The van der Waals surface area contributed by atoms with Gasteiger partial charge in [0.2, 0.25) is 0 Å². The second-order valence-electron chi connectivity index (χ2n) is 4.31. The van der Waals surface area contributed by atoms with Gasteiger partial charge in [0, 0.05) is 6.42 Å². The van der Waals surface area contributed by atoms with Crippen LogP contribution in [-0.4, -0.2) is 17.0 Å². The standard InChI is InChI=1S/C4H10O.C4H8O.2C4H10/c2*1-3-4(2)5;2*1-3-4-2/h4-5H,3H2,1-2H3;3H2,1-2H3;2*3-4H2,1-2H3. The number of aliphatic hydroxyl groups excluding tert-OH is 1. The van der Waals surface area contributed by atoms with Crippen LogP contribution in [0.5, 0.6) is 0 Å². The van der Waals surface area contributed by atoms with E-state index in [9.17, 15) is 4.79 Å². The number of rotatable bonds is 4. The van der Waals surface area contributed by atoms with Crippen molar-refractivity contribution in [3.63, 3.8) is 0 Å². The summed E-state index contributed by atoms with van der Waals surface area (Å²) in [5, 5.41) is 8.36. The Balaban J connectivity index is -0.0000000731. The smallest absolute Gasteiger partial charge is 0.129 e. The summed E-state index contributed by atoms with van der Waals surface area (Å²) in [5.41, 5.74) is 0. The van der Waals surface area contributed by atoms with Crippen LogP contribution in [0.4, 0.5) is 0 Å².